The zero-order valence-electron chi connectivity index (χ0n) is 19.2. The van der Waals surface area contributed by atoms with Crippen LogP contribution < -0.4 is 21.7 Å². The molecule has 1 saturated heterocycles. The molecule has 1 aliphatic carbocycles. The molecule has 0 saturated carbocycles. The summed E-state index contributed by atoms with van der Waals surface area (Å²) in [6, 6.07) is 8.02. The van der Waals surface area contributed by atoms with E-state index >= 15 is 0 Å². The fourth-order valence-electron chi connectivity index (χ4n) is 4.79. The first-order valence-electron chi connectivity index (χ1n) is 11.3. The number of anilines is 2. The van der Waals surface area contributed by atoms with E-state index < -0.39 is 0 Å². The van der Waals surface area contributed by atoms with Crippen LogP contribution in [-0.2, 0) is 17.6 Å². The molecule has 33 heavy (non-hydrogen) atoms. The fraction of sp³-hybridized carbons (Fsp3) is 0.458. The van der Waals surface area contributed by atoms with Crippen molar-refractivity contribution in [3.63, 3.8) is 0 Å². The monoisotopic (exact) mass is 466 g/mol. The maximum atomic E-state index is 13.0. The van der Waals surface area contributed by atoms with Gasteiger partial charge in [-0.2, -0.15) is 0 Å². The molecule has 174 valence electrons. The minimum atomic E-state index is -0.365. The zero-order valence-corrected chi connectivity index (χ0v) is 20.0. The van der Waals surface area contributed by atoms with Gasteiger partial charge in [0.1, 0.15) is 15.5 Å². The summed E-state index contributed by atoms with van der Waals surface area (Å²) in [5, 5.41) is 4.02. The van der Waals surface area contributed by atoms with Gasteiger partial charge in [0.25, 0.3) is 5.91 Å². The highest BCUT2D eigenvalue weighted by molar-refractivity contribution is 7.21. The number of carbonyl (C=O) groups excluding carboxylic acids is 1. The molecule has 0 bridgehead atoms. The second kappa shape index (κ2) is 8.23. The van der Waals surface area contributed by atoms with E-state index in [9.17, 15) is 4.79 Å². The van der Waals surface area contributed by atoms with Crippen LogP contribution in [0.15, 0.2) is 24.3 Å². The van der Waals surface area contributed by atoms with Crippen LogP contribution in [0.3, 0.4) is 0 Å². The molecule has 1 amide bonds. The number of fused-ring (bicyclic) bond motifs is 2. The summed E-state index contributed by atoms with van der Waals surface area (Å²) in [7, 11) is 1.71. The molecule has 5 N–H and O–H groups in total. The standard InChI is InChI=1S/C24H30N6O2S/c1-13-4-7-16-20(26)21(33-23(16)27-13)22(31)28-15-6-8-17-14(10-15)5-9-19(29-17)30-11-18(25)24(2,12-30)32-3/h4-5,7,9,15,18H,6,8,10-12,25-26H2,1-3H3,(H,28,31)/t15-,18-,24+/m0/s1. The lowest BCUT2D eigenvalue weighted by Gasteiger charge is -2.27. The van der Waals surface area contributed by atoms with E-state index in [2.05, 4.69) is 27.3 Å². The first kappa shape index (κ1) is 22.1. The van der Waals surface area contributed by atoms with Gasteiger partial charge in [-0.25, -0.2) is 9.97 Å². The van der Waals surface area contributed by atoms with Crippen LogP contribution in [0.5, 0.6) is 0 Å². The first-order valence-corrected chi connectivity index (χ1v) is 12.1. The SMILES string of the molecule is CO[C@]1(C)CN(c2ccc3c(n2)CC[C@H](NC(=O)c2sc4nc(C)ccc4c2N)C3)C[C@@H]1N. The number of hydrogen-bond donors (Lipinski definition) is 3. The molecule has 3 atom stereocenters. The molecule has 5 rings (SSSR count). The molecule has 1 aliphatic heterocycles. The molecule has 3 aromatic heterocycles. The number of carbonyl (C=O) groups is 1. The molecule has 0 aromatic carbocycles. The van der Waals surface area contributed by atoms with E-state index in [1.807, 2.05) is 26.0 Å². The van der Waals surface area contributed by atoms with Crippen LogP contribution in [0.25, 0.3) is 10.2 Å². The van der Waals surface area contributed by atoms with E-state index in [4.69, 9.17) is 21.2 Å². The van der Waals surface area contributed by atoms with Crippen molar-refractivity contribution in [1.29, 1.82) is 0 Å². The average Bonchev–Trinajstić information content (AvgIpc) is 3.29. The number of nitrogen functional groups attached to an aromatic ring is 1. The van der Waals surface area contributed by atoms with Crippen LogP contribution >= 0.6 is 11.3 Å². The average molecular weight is 467 g/mol. The summed E-state index contributed by atoms with van der Waals surface area (Å²) < 4.78 is 5.65. The molecule has 1 fully saturated rings. The minimum absolute atomic E-state index is 0.0500. The zero-order chi connectivity index (χ0) is 23.3. The third kappa shape index (κ3) is 3.94. The number of nitrogens with two attached hydrogens (primary N) is 2. The summed E-state index contributed by atoms with van der Waals surface area (Å²) >= 11 is 1.35. The topological polar surface area (TPSA) is 119 Å². The molecule has 0 unspecified atom stereocenters. The maximum Gasteiger partial charge on any atom is 0.263 e. The Morgan fingerprint density at radius 2 is 2.12 bits per heavy atom. The third-order valence-electron chi connectivity index (χ3n) is 7.02. The Morgan fingerprint density at radius 3 is 2.88 bits per heavy atom. The van der Waals surface area contributed by atoms with E-state index in [-0.39, 0.29) is 23.6 Å². The lowest BCUT2D eigenvalue weighted by Crippen LogP contribution is -2.45. The summed E-state index contributed by atoms with van der Waals surface area (Å²) in [5.41, 5.74) is 15.9. The van der Waals surface area contributed by atoms with Gasteiger partial charge in [-0.1, -0.05) is 6.07 Å². The molecule has 0 spiro atoms. The number of rotatable bonds is 4. The van der Waals surface area contributed by atoms with Gasteiger partial charge in [0.2, 0.25) is 0 Å². The molecule has 9 heteroatoms. The maximum absolute atomic E-state index is 13.0. The normalized spacial score (nSPS) is 24.8. The van der Waals surface area contributed by atoms with Gasteiger partial charge in [-0.05, 0) is 56.9 Å². The van der Waals surface area contributed by atoms with Crippen LogP contribution in [0.2, 0.25) is 0 Å². The number of amides is 1. The summed E-state index contributed by atoms with van der Waals surface area (Å²) in [5.74, 6) is 0.810. The van der Waals surface area contributed by atoms with Crippen LogP contribution in [0, 0.1) is 6.92 Å². The number of thiophene rings is 1. The van der Waals surface area contributed by atoms with Crippen molar-refractivity contribution in [2.75, 3.05) is 30.8 Å². The second-order valence-corrected chi connectivity index (χ2v) is 10.3. The molecule has 2 aliphatic rings. The number of nitrogens with zero attached hydrogens (tertiary/aromatic N) is 3. The Balaban J connectivity index is 1.28. The number of ether oxygens (including phenoxy) is 1. The number of methoxy groups -OCH3 is 1. The highest BCUT2D eigenvalue weighted by atomic mass is 32.1. The van der Waals surface area contributed by atoms with Crippen molar-refractivity contribution in [1.82, 2.24) is 15.3 Å². The van der Waals surface area contributed by atoms with Crippen molar-refractivity contribution in [2.45, 2.75) is 50.8 Å². The van der Waals surface area contributed by atoms with Gasteiger partial charge in [0.15, 0.2) is 0 Å². The third-order valence-corrected chi connectivity index (χ3v) is 8.13. The Bertz CT molecular complexity index is 1230. The molecule has 3 aromatic rings. The Hall–Kier alpha value is -2.75. The van der Waals surface area contributed by atoms with E-state index in [1.54, 1.807) is 7.11 Å². The van der Waals surface area contributed by atoms with Gasteiger partial charge in [0, 0.05) is 43.0 Å². The highest BCUT2D eigenvalue weighted by Crippen LogP contribution is 2.33. The number of nitrogens with one attached hydrogen (secondary N) is 1. The quantitative estimate of drug-likeness (QED) is 0.540. The van der Waals surface area contributed by atoms with Crippen LogP contribution in [0.4, 0.5) is 11.5 Å². The molecule has 4 heterocycles. The summed E-state index contributed by atoms with van der Waals surface area (Å²) in [6.07, 6.45) is 2.41. The van der Waals surface area contributed by atoms with Gasteiger partial charge in [-0.15, -0.1) is 11.3 Å². The van der Waals surface area contributed by atoms with Crippen molar-refractivity contribution in [3.8, 4) is 0 Å². The predicted molar refractivity (Wildman–Crippen MR) is 132 cm³/mol. The minimum Gasteiger partial charge on any atom is -0.397 e. The van der Waals surface area contributed by atoms with Crippen LogP contribution in [-0.4, -0.2) is 53.8 Å². The lowest BCUT2D eigenvalue weighted by molar-refractivity contribution is 0.0129. The molecular weight excluding hydrogens is 436 g/mol. The largest absolute Gasteiger partial charge is 0.397 e. The number of pyridine rings is 2. The second-order valence-electron chi connectivity index (χ2n) is 9.34. The number of hydrogen-bond acceptors (Lipinski definition) is 8. The van der Waals surface area contributed by atoms with Crippen molar-refractivity contribution in [3.05, 3.63) is 46.1 Å². The van der Waals surface area contributed by atoms with Crippen LogP contribution in [0.1, 0.15) is 40.0 Å². The van der Waals surface area contributed by atoms with Crippen molar-refractivity contribution in [2.24, 2.45) is 5.73 Å². The van der Waals surface area contributed by atoms with Gasteiger partial charge in [0.05, 0.1) is 17.3 Å². The highest BCUT2D eigenvalue weighted by Gasteiger charge is 2.41. The van der Waals surface area contributed by atoms with Gasteiger partial charge in [-0.3, -0.25) is 4.79 Å². The van der Waals surface area contributed by atoms with Gasteiger partial charge < -0.3 is 26.4 Å². The number of aryl methyl sites for hydroxylation is 2. The van der Waals surface area contributed by atoms with E-state index in [0.717, 1.165) is 59.8 Å². The van der Waals surface area contributed by atoms with Crippen molar-refractivity contribution >= 4 is 39.0 Å². The predicted octanol–water partition coefficient (Wildman–Crippen LogP) is 2.42. The Kier molecular flexibility index (Phi) is 5.50. The fourth-order valence-corrected chi connectivity index (χ4v) is 5.83. The molecule has 8 nitrogen and oxygen atoms in total. The summed E-state index contributed by atoms with van der Waals surface area (Å²) in [4.78, 5) is 26.0. The molecule has 0 radical (unpaired) electrons. The first-order chi connectivity index (χ1) is 15.8. The van der Waals surface area contributed by atoms with Gasteiger partial charge >= 0.3 is 0 Å². The number of aromatic nitrogens is 2. The molecular formula is C24H30N6O2S. The Morgan fingerprint density at radius 1 is 1.30 bits per heavy atom. The Labute approximate surface area is 197 Å². The van der Waals surface area contributed by atoms with Crippen molar-refractivity contribution < 1.29 is 9.53 Å². The summed E-state index contributed by atoms with van der Waals surface area (Å²) in [6.45, 7) is 5.42. The van der Waals surface area contributed by atoms with E-state index in [0.29, 0.717) is 10.6 Å². The lowest BCUT2D eigenvalue weighted by atomic mass is 9.91. The smallest absolute Gasteiger partial charge is 0.263 e. The van der Waals surface area contributed by atoms with E-state index in [1.165, 1.54) is 16.9 Å².